The van der Waals surface area contributed by atoms with Gasteiger partial charge in [0.1, 0.15) is 11.8 Å². The number of nitrogens with two attached hydrogens (primary N) is 1. The van der Waals surface area contributed by atoms with E-state index in [9.17, 15) is 14.7 Å². The molecule has 0 radical (unpaired) electrons. The highest BCUT2D eigenvalue weighted by Crippen LogP contribution is 2.25. The summed E-state index contributed by atoms with van der Waals surface area (Å²) in [4.78, 5) is 22.9. The molecule has 6 heteroatoms. The molecule has 0 heterocycles. The predicted molar refractivity (Wildman–Crippen MR) is 84.5 cm³/mol. The third-order valence-corrected chi connectivity index (χ3v) is 3.34. The molecule has 1 atom stereocenters. The number of carbonyl (C=O) groups excluding carboxylic acids is 1. The van der Waals surface area contributed by atoms with Crippen LogP contribution in [-0.4, -0.2) is 28.1 Å². The van der Waals surface area contributed by atoms with E-state index in [4.69, 9.17) is 10.8 Å². The lowest BCUT2D eigenvalue weighted by atomic mass is 10.0. The fourth-order valence-corrected chi connectivity index (χ4v) is 2.21. The number of carboxylic acid groups (broad SMARTS) is 1. The molecule has 0 saturated carbocycles. The van der Waals surface area contributed by atoms with E-state index in [2.05, 4.69) is 5.32 Å². The highest BCUT2D eigenvalue weighted by molar-refractivity contribution is 5.83. The van der Waals surface area contributed by atoms with Crippen LogP contribution < -0.4 is 11.1 Å². The standard InChI is InChI=1S/C16H24N2O4/c1-10(2)9-13(16(21)22)18-14(19)8-4-6-11-5-3-7-12(17)15(11)20/h3,5,7,10,13,20H,4,6,8-9,17H2,1-2H3,(H,18,19)(H,21,22)/t13-/m0/s1. The SMILES string of the molecule is CC(C)C[C@H](NC(=O)CCCc1cccc(N)c1O)C(=O)O. The van der Waals surface area contributed by atoms with Gasteiger partial charge in [0, 0.05) is 6.42 Å². The van der Waals surface area contributed by atoms with Gasteiger partial charge in [0.15, 0.2) is 0 Å². The molecule has 5 N–H and O–H groups in total. The molecule has 0 fully saturated rings. The summed E-state index contributed by atoms with van der Waals surface area (Å²) in [6, 6.07) is 4.25. The van der Waals surface area contributed by atoms with Gasteiger partial charge in [-0.1, -0.05) is 26.0 Å². The third kappa shape index (κ3) is 5.63. The number of aliphatic carboxylic acids is 1. The predicted octanol–water partition coefficient (Wildman–Crippen LogP) is 1.91. The Balaban J connectivity index is 2.45. The van der Waals surface area contributed by atoms with Crippen molar-refractivity contribution in [2.24, 2.45) is 5.92 Å². The number of benzene rings is 1. The van der Waals surface area contributed by atoms with Crippen LogP contribution in [0.3, 0.4) is 0 Å². The lowest BCUT2D eigenvalue weighted by Gasteiger charge is -2.16. The number of phenolic OH excluding ortho intramolecular Hbond substituents is 1. The minimum absolute atomic E-state index is 0.0473. The molecule has 0 aliphatic rings. The minimum Gasteiger partial charge on any atom is -0.506 e. The first-order valence-electron chi connectivity index (χ1n) is 7.39. The summed E-state index contributed by atoms with van der Waals surface area (Å²) in [5.41, 5.74) is 6.60. The Hall–Kier alpha value is -2.24. The van der Waals surface area contributed by atoms with Crippen molar-refractivity contribution < 1.29 is 19.8 Å². The molecule has 1 rings (SSSR count). The number of nitrogens with one attached hydrogen (secondary N) is 1. The van der Waals surface area contributed by atoms with E-state index in [1.165, 1.54) is 0 Å². The van der Waals surface area contributed by atoms with Gasteiger partial charge in [0.2, 0.25) is 5.91 Å². The van der Waals surface area contributed by atoms with Crippen molar-refractivity contribution in [3.63, 3.8) is 0 Å². The molecular formula is C16H24N2O4. The zero-order valence-electron chi connectivity index (χ0n) is 13.0. The van der Waals surface area contributed by atoms with Crippen LogP contribution in [0.5, 0.6) is 5.75 Å². The summed E-state index contributed by atoms with van der Waals surface area (Å²) < 4.78 is 0. The molecule has 22 heavy (non-hydrogen) atoms. The van der Waals surface area contributed by atoms with E-state index < -0.39 is 12.0 Å². The lowest BCUT2D eigenvalue weighted by molar-refractivity contribution is -0.142. The summed E-state index contributed by atoms with van der Waals surface area (Å²) in [6.07, 6.45) is 1.62. The Bertz CT molecular complexity index is 529. The second-order valence-electron chi connectivity index (χ2n) is 5.80. The van der Waals surface area contributed by atoms with Gasteiger partial charge in [-0.2, -0.15) is 0 Å². The Morgan fingerprint density at radius 1 is 1.32 bits per heavy atom. The molecule has 1 aromatic carbocycles. The molecule has 0 saturated heterocycles. The molecule has 6 nitrogen and oxygen atoms in total. The first-order valence-corrected chi connectivity index (χ1v) is 7.39. The van der Waals surface area contributed by atoms with Crippen molar-refractivity contribution in [3.05, 3.63) is 23.8 Å². The van der Waals surface area contributed by atoms with E-state index in [1.807, 2.05) is 13.8 Å². The molecule has 0 aliphatic carbocycles. The van der Waals surface area contributed by atoms with Gasteiger partial charge < -0.3 is 21.3 Å². The second kappa shape index (κ2) is 8.26. The van der Waals surface area contributed by atoms with Gasteiger partial charge >= 0.3 is 5.97 Å². The van der Waals surface area contributed by atoms with E-state index in [0.717, 1.165) is 0 Å². The highest BCUT2D eigenvalue weighted by Gasteiger charge is 2.20. The number of hydrogen-bond donors (Lipinski definition) is 4. The quantitative estimate of drug-likeness (QED) is 0.433. The maximum absolute atomic E-state index is 11.8. The molecule has 0 aromatic heterocycles. The number of aryl methyl sites for hydroxylation is 1. The number of amides is 1. The van der Waals surface area contributed by atoms with Crippen LogP contribution >= 0.6 is 0 Å². The van der Waals surface area contributed by atoms with Crippen molar-refractivity contribution in [2.45, 2.75) is 45.6 Å². The highest BCUT2D eigenvalue weighted by atomic mass is 16.4. The molecule has 0 spiro atoms. The Morgan fingerprint density at radius 2 is 2.00 bits per heavy atom. The topological polar surface area (TPSA) is 113 Å². The normalized spacial score (nSPS) is 12.1. The number of hydrogen-bond acceptors (Lipinski definition) is 4. The number of rotatable bonds is 8. The number of anilines is 1. The van der Waals surface area contributed by atoms with Crippen LogP contribution in [0.25, 0.3) is 0 Å². The smallest absolute Gasteiger partial charge is 0.326 e. The van der Waals surface area contributed by atoms with Crippen LogP contribution in [0.15, 0.2) is 18.2 Å². The maximum Gasteiger partial charge on any atom is 0.326 e. The monoisotopic (exact) mass is 308 g/mol. The summed E-state index contributed by atoms with van der Waals surface area (Å²) in [7, 11) is 0. The zero-order chi connectivity index (χ0) is 16.7. The van der Waals surface area contributed by atoms with Gasteiger partial charge in [0.25, 0.3) is 0 Å². The van der Waals surface area contributed by atoms with Crippen molar-refractivity contribution in [1.29, 1.82) is 0 Å². The molecule has 0 bridgehead atoms. The van der Waals surface area contributed by atoms with Crippen molar-refractivity contribution in [2.75, 3.05) is 5.73 Å². The van der Waals surface area contributed by atoms with Gasteiger partial charge in [0.05, 0.1) is 5.69 Å². The molecule has 1 aromatic rings. The summed E-state index contributed by atoms with van der Waals surface area (Å²) in [6.45, 7) is 3.81. The average molecular weight is 308 g/mol. The van der Waals surface area contributed by atoms with E-state index >= 15 is 0 Å². The molecule has 122 valence electrons. The first kappa shape index (κ1) is 17.8. The Labute approximate surface area is 130 Å². The number of nitrogen functional groups attached to an aromatic ring is 1. The maximum atomic E-state index is 11.8. The van der Waals surface area contributed by atoms with E-state index in [-0.39, 0.29) is 24.0 Å². The number of phenols is 1. The molecular weight excluding hydrogens is 284 g/mol. The first-order chi connectivity index (χ1) is 10.3. The Morgan fingerprint density at radius 3 is 2.59 bits per heavy atom. The molecule has 0 aliphatic heterocycles. The number of carbonyl (C=O) groups is 2. The largest absolute Gasteiger partial charge is 0.506 e. The van der Waals surface area contributed by atoms with Gasteiger partial charge in [-0.25, -0.2) is 4.79 Å². The van der Waals surface area contributed by atoms with Crippen LogP contribution in [0, 0.1) is 5.92 Å². The summed E-state index contributed by atoms with van der Waals surface area (Å²) in [5, 5.41) is 21.4. The van der Waals surface area contributed by atoms with Crippen molar-refractivity contribution in [3.8, 4) is 5.75 Å². The minimum atomic E-state index is -1.02. The van der Waals surface area contributed by atoms with Crippen LogP contribution in [0.2, 0.25) is 0 Å². The van der Waals surface area contributed by atoms with Gasteiger partial charge in [-0.3, -0.25) is 4.79 Å². The lowest BCUT2D eigenvalue weighted by Crippen LogP contribution is -2.41. The average Bonchev–Trinajstić information content (AvgIpc) is 2.42. The second-order valence-corrected chi connectivity index (χ2v) is 5.80. The number of para-hydroxylation sites is 1. The van der Waals surface area contributed by atoms with E-state index in [1.54, 1.807) is 18.2 Å². The van der Waals surface area contributed by atoms with Gasteiger partial charge in [-0.15, -0.1) is 0 Å². The number of aromatic hydroxyl groups is 1. The Kier molecular flexibility index (Phi) is 6.69. The third-order valence-electron chi connectivity index (χ3n) is 3.34. The fourth-order valence-electron chi connectivity index (χ4n) is 2.21. The van der Waals surface area contributed by atoms with Crippen LogP contribution in [0.4, 0.5) is 5.69 Å². The fraction of sp³-hybridized carbons (Fsp3) is 0.500. The van der Waals surface area contributed by atoms with Crippen LogP contribution in [0.1, 0.15) is 38.7 Å². The van der Waals surface area contributed by atoms with Crippen molar-refractivity contribution in [1.82, 2.24) is 5.32 Å². The van der Waals surface area contributed by atoms with Gasteiger partial charge in [-0.05, 0) is 36.8 Å². The van der Waals surface area contributed by atoms with Crippen molar-refractivity contribution >= 4 is 17.6 Å². The van der Waals surface area contributed by atoms with Crippen LogP contribution in [-0.2, 0) is 16.0 Å². The summed E-state index contributed by atoms with van der Waals surface area (Å²) >= 11 is 0. The van der Waals surface area contributed by atoms with E-state index in [0.29, 0.717) is 30.5 Å². The number of carboxylic acids is 1. The molecule has 1 amide bonds. The molecule has 0 unspecified atom stereocenters. The zero-order valence-corrected chi connectivity index (χ0v) is 13.0. The summed E-state index contributed by atoms with van der Waals surface area (Å²) in [5.74, 6) is -1.08.